The van der Waals surface area contributed by atoms with Gasteiger partial charge in [-0.2, -0.15) is 0 Å². The van der Waals surface area contributed by atoms with Crippen LogP contribution in [0.1, 0.15) is 55.5 Å². The molecule has 0 aliphatic heterocycles. The minimum Gasteiger partial charge on any atom is -0.494 e. The first-order valence-corrected chi connectivity index (χ1v) is 19.3. The van der Waals surface area contributed by atoms with Crippen molar-refractivity contribution in [2.24, 2.45) is 0 Å². The van der Waals surface area contributed by atoms with Crippen molar-refractivity contribution in [1.29, 1.82) is 0 Å². The number of nitrogens with one attached hydrogen (secondary N) is 2. The molecule has 0 saturated carbocycles. The lowest BCUT2D eigenvalue weighted by Gasteiger charge is -2.26. The molecule has 5 aromatic carbocycles. The molecule has 0 unspecified atom stereocenters. The lowest BCUT2D eigenvalue weighted by molar-refractivity contribution is -0.148. The van der Waals surface area contributed by atoms with Gasteiger partial charge in [0, 0.05) is 42.2 Å². The maximum absolute atomic E-state index is 13.2. The number of esters is 2. The third-order valence-electron chi connectivity index (χ3n) is 10.5. The first kappa shape index (κ1) is 37.9. The van der Waals surface area contributed by atoms with E-state index in [-0.39, 0.29) is 43.1 Å². The normalized spacial score (nSPS) is 12.1. The molecular formula is C45H42N6O7. The Kier molecular flexibility index (Phi) is 10.1. The Morgan fingerprint density at radius 2 is 1.28 bits per heavy atom. The monoisotopic (exact) mass is 778 g/mol. The van der Waals surface area contributed by atoms with Crippen LogP contribution >= 0.6 is 0 Å². The Labute approximate surface area is 331 Å². The predicted molar refractivity (Wildman–Crippen MR) is 224 cm³/mol. The maximum atomic E-state index is 13.2. The average molecular weight is 779 g/mol. The molecular weight excluding hydrogens is 737 g/mol. The molecule has 0 spiro atoms. The van der Waals surface area contributed by atoms with Gasteiger partial charge in [0.25, 0.3) is 11.1 Å². The minimum absolute atomic E-state index is 0.0323. The number of fused-ring (bicyclic) bond motifs is 7. The Hall–Kier alpha value is -7.02. The molecule has 0 amide bonds. The zero-order chi connectivity index (χ0) is 40.7. The fraction of sp³-hybridized carbons (Fsp3) is 0.244. The Balaban J connectivity index is 1.23. The summed E-state index contributed by atoms with van der Waals surface area (Å²) in [6, 6.07) is 24.4. The molecule has 0 radical (unpaired) electrons. The summed E-state index contributed by atoms with van der Waals surface area (Å²) in [4.78, 5) is 68.9. The molecule has 13 heteroatoms. The predicted octanol–water partition coefficient (Wildman–Crippen LogP) is 7.40. The number of aromatic nitrogens is 5. The van der Waals surface area contributed by atoms with Crippen molar-refractivity contribution < 1.29 is 24.2 Å². The van der Waals surface area contributed by atoms with Crippen molar-refractivity contribution in [3.8, 4) is 5.88 Å². The quantitative estimate of drug-likeness (QED) is 0.0838. The lowest BCUT2D eigenvalue weighted by Crippen LogP contribution is -2.22. The lowest BCUT2D eigenvalue weighted by atomic mass is 10.0. The molecule has 0 bridgehead atoms. The van der Waals surface area contributed by atoms with Crippen LogP contribution in [0.25, 0.3) is 54.1 Å². The van der Waals surface area contributed by atoms with Gasteiger partial charge in [-0.25, -0.2) is 14.8 Å². The van der Waals surface area contributed by atoms with Crippen LogP contribution in [0.15, 0.2) is 94.6 Å². The number of anilines is 1. The van der Waals surface area contributed by atoms with Crippen LogP contribution in [-0.4, -0.2) is 54.8 Å². The molecule has 58 heavy (non-hydrogen) atoms. The Bertz CT molecular complexity index is 2900. The van der Waals surface area contributed by atoms with E-state index in [9.17, 15) is 24.3 Å². The molecule has 3 aromatic heterocycles. The topological polar surface area (TPSA) is 172 Å². The van der Waals surface area contributed by atoms with Gasteiger partial charge in [0.05, 0.1) is 35.0 Å². The highest BCUT2D eigenvalue weighted by molar-refractivity contribution is 6.07. The summed E-state index contributed by atoms with van der Waals surface area (Å²) in [6.45, 7) is 8.13. The zero-order valence-electron chi connectivity index (χ0n) is 32.6. The van der Waals surface area contributed by atoms with Gasteiger partial charge in [-0.3, -0.25) is 14.4 Å². The van der Waals surface area contributed by atoms with Crippen LogP contribution < -0.4 is 16.0 Å². The van der Waals surface area contributed by atoms with Crippen LogP contribution in [0.2, 0.25) is 0 Å². The van der Waals surface area contributed by atoms with Crippen molar-refractivity contribution in [2.75, 3.05) is 18.1 Å². The molecule has 8 rings (SSSR count). The summed E-state index contributed by atoms with van der Waals surface area (Å²) >= 11 is 0. The molecule has 294 valence electrons. The number of rotatable bonds is 12. The number of carbonyl (C=O) groups excluding carboxylic acids is 2. The number of hydrogen-bond acceptors (Lipinski definition) is 10. The molecule has 13 nitrogen and oxygen atoms in total. The third kappa shape index (κ3) is 7.22. The Morgan fingerprint density at radius 1 is 0.724 bits per heavy atom. The van der Waals surface area contributed by atoms with Gasteiger partial charge in [0.15, 0.2) is 5.88 Å². The first-order valence-electron chi connectivity index (χ1n) is 19.3. The second-order valence-corrected chi connectivity index (χ2v) is 14.4. The second kappa shape index (κ2) is 15.5. The summed E-state index contributed by atoms with van der Waals surface area (Å²) in [7, 11) is 0. The maximum Gasteiger partial charge on any atom is 0.329 e. The van der Waals surface area contributed by atoms with Gasteiger partial charge in [-0.15, -0.1) is 0 Å². The van der Waals surface area contributed by atoms with E-state index in [0.29, 0.717) is 57.3 Å². The fourth-order valence-corrected chi connectivity index (χ4v) is 7.86. The van der Waals surface area contributed by atoms with Gasteiger partial charge in [-0.1, -0.05) is 36.4 Å². The highest BCUT2D eigenvalue weighted by Gasteiger charge is 2.27. The fourth-order valence-electron chi connectivity index (χ4n) is 7.86. The number of H-pyrrole nitrogens is 2. The summed E-state index contributed by atoms with van der Waals surface area (Å²) in [5, 5.41) is 17.1. The van der Waals surface area contributed by atoms with Gasteiger partial charge in [-0.05, 0) is 109 Å². The van der Waals surface area contributed by atoms with E-state index in [2.05, 4.69) is 24.8 Å². The number of carbonyl (C=O) groups is 2. The van der Waals surface area contributed by atoms with Crippen LogP contribution in [-0.2, 0) is 32.2 Å². The van der Waals surface area contributed by atoms with E-state index in [1.807, 2.05) is 72.8 Å². The van der Waals surface area contributed by atoms with Gasteiger partial charge in [0.1, 0.15) is 17.7 Å². The van der Waals surface area contributed by atoms with Crippen molar-refractivity contribution in [2.45, 2.75) is 59.7 Å². The van der Waals surface area contributed by atoms with E-state index in [1.165, 1.54) is 4.57 Å². The smallest absolute Gasteiger partial charge is 0.329 e. The first-order chi connectivity index (χ1) is 28.0. The number of benzene rings is 5. The summed E-state index contributed by atoms with van der Waals surface area (Å²) in [6.07, 6.45) is 1.75. The van der Waals surface area contributed by atoms with Crippen LogP contribution in [0.3, 0.4) is 0 Å². The molecule has 3 N–H and O–H groups in total. The average Bonchev–Trinajstić information content (AvgIpc) is 3.51. The van der Waals surface area contributed by atoms with Crippen LogP contribution in [0, 0.1) is 13.8 Å². The standard InChI is InChI=1S/C45H42N6O7/c1-5-57-39(52)18-17-38(45(56)58-6-2)51-24-31-21-32(13-14-33(31)44(51)55)50(22-27-7-9-29-11-15-36-40(34(29)19-27)42(53)48-25(3)46-36)23-28-8-10-30-12-16-37-41(35(30)20-28)43(54)49-26(4)47-37/h7-16,19-21,24,38,55H,5-6,17-18,22-23H2,1-4H3,(H,46,48,53)(H,47,49,54)/t38-/m0/s1. The van der Waals surface area contributed by atoms with E-state index in [0.717, 1.165) is 38.4 Å². The highest BCUT2D eigenvalue weighted by Crippen LogP contribution is 2.36. The van der Waals surface area contributed by atoms with E-state index in [4.69, 9.17) is 9.47 Å². The number of ether oxygens (including phenoxy) is 2. The van der Waals surface area contributed by atoms with Crippen molar-refractivity contribution in [1.82, 2.24) is 24.5 Å². The molecule has 3 heterocycles. The number of aromatic hydroxyl groups is 1. The number of aryl methyl sites for hydroxylation is 2. The number of nitrogens with zero attached hydrogens (tertiary/aromatic N) is 4. The molecule has 0 aliphatic carbocycles. The Morgan fingerprint density at radius 3 is 1.83 bits per heavy atom. The number of hydrogen-bond donors (Lipinski definition) is 3. The van der Waals surface area contributed by atoms with Gasteiger partial charge < -0.3 is 34.0 Å². The second-order valence-electron chi connectivity index (χ2n) is 14.4. The molecule has 1 atom stereocenters. The van der Waals surface area contributed by atoms with Crippen LogP contribution in [0.5, 0.6) is 5.88 Å². The summed E-state index contributed by atoms with van der Waals surface area (Å²) < 4.78 is 11.9. The molecule has 0 fully saturated rings. The van der Waals surface area contributed by atoms with Crippen molar-refractivity contribution >= 4 is 71.7 Å². The van der Waals surface area contributed by atoms with Gasteiger partial charge >= 0.3 is 11.9 Å². The zero-order valence-corrected chi connectivity index (χ0v) is 32.6. The SMILES string of the molecule is CCOC(=O)CC[C@@H](C(=O)OCC)n1cc2cc(N(Cc3ccc4ccc5nc(C)[nH]c(=O)c5c4c3)Cc3ccc4ccc5nc(C)[nH]c(=O)c5c4c3)ccc2c1O. The van der Waals surface area contributed by atoms with Gasteiger partial charge in [0.2, 0.25) is 0 Å². The van der Waals surface area contributed by atoms with E-state index >= 15 is 0 Å². The third-order valence-corrected chi connectivity index (χ3v) is 10.5. The van der Waals surface area contributed by atoms with Crippen molar-refractivity contribution in [3.63, 3.8) is 0 Å². The summed E-state index contributed by atoms with van der Waals surface area (Å²) in [5.74, 6) is -0.0521. The highest BCUT2D eigenvalue weighted by atomic mass is 16.5. The minimum atomic E-state index is -0.959. The van der Waals surface area contributed by atoms with Crippen LogP contribution in [0.4, 0.5) is 5.69 Å². The largest absolute Gasteiger partial charge is 0.494 e. The summed E-state index contributed by atoms with van der Waals surface area (Å²) in [5.41, 5.74) is 3.50. The molecule has 8 aromatic rings. The van der Waals surface area contributed by atoms with E-state index in [1.54, 1.807) is 40.0 Å². The van der Waals surface area contributed by atoms with Crippen molar-refractivity contribution in [3.05, 3.63) is 129 Å². The number of aromatic amines is 2. The molecule has 0 saturated heterocycles. The van der Waals surface area contributed by atoms with E-state index < -0.39 is 18.0 Å². The molecule has 0 aliphatic rings.